The molecular formula is C23H22F2N2O2. The number of aromatic hydroxyl groups is 1. The number of allylic oxidation sites excluding steroid dienone is 1. The Balaban J connectivity index is 1.69. The van der Waals surface area contributed by atoms with Crippen molar-refractivity contribution >= 4 is 6.08 Å². The van der Waals surface area contributed by atoms with E-state index in [1.807, 2.05) is 30.3 Å². The Hall–Kier alpha value is -3.12. The van der Waals surface area contributed by atoms with Crippen molar-refractivity contribution in [3.05, 3.63) is 72.1 Å². The average molecular weight is 396 g/mol. The Bertz CT molecular complexity index is 985. The number of phenols is 1. The summed E-state index contributed by atoms with van der Waals surface area (Å²) < 4.78 is 27.5. The molecule has 1 unspecified atom stereocenters. The molecule has 1 aromatic heterocycles. The Labute approximate surface area is 168 Å². The van der Waals surface area contributed by atoms with E-state index in [0.29, 0.717) is 0 Å². The highest BCUT2D eigenvalue weighted by Crippen LogP contribution is 2.28. The van der Waals surface area contributed by atoms with Crippen LogP contribution < -0.4 is 0 Å². The summed E-state index contributed by atoms with van der Waals surface area (Å²) in [5, 5.41) is 18.5. The van der Waals surface area contributed by atoms with Crippen molar-refractivity contribution in [3.8, 4) is 28.3 Å². The fraction of sp³-hybridized carbons (Fsp3) is 0.217. The Morgan fingerprint density at radius 1 is 0.966 bits per heavy atom. The molecule has 3 rings (SSSR count). The monoisotopic (exact) mass is 396 g/mol. The third kappa shape index (κ3) is 5.23. The summed E-state index contributed by atoms with van der Waals surface area (Å²) in [6.07, 6.45) is 9.60. The number of aliphatic hydroxyl groups is 1. The molecule has 29 heavy (non-hydrogen) atoms. The minimum Gasteiger partial charge on any atom is -0.505 e. The number of halogens is 2. The zero-order chi connectivity index (χ0) is 20.8. The Kier molecular flexibility index (Phi) is 6.67. The van der Waals surface area contributed by atoms with Gasteiger partial charge >= 0.3 is 0 Å². The van der Waals surface area contributed by atoms with Crippen LogP contribution in [0.4, 0.5) is 8.78 Å². The van der Waals surface area contributed by atoms with Crippen molar-refractivity contribution in [1.82, 2.24) is 9.97 Å². The lowest BCUT2D eigenvalue weighted by molar-refractivity contribution is 0.182. The summed E-state index contributed by atoms with van der Waals surface area (Å²) in [6.45, 7) is 1.79. The first kappa shape index (κ1) is 20.6. The molecule has 0 aliphatic rings. The van der Waals surface area contributed by atoms with Gasteiger partial charge in [-0.1, -0.05) is 36.4 Å². The number of nitrogens with zero attached hydrogens (tertiary/aromatic N) is 2. The van der Waals surface area contributed by atoms with Crippen molar-refractivity contribution in [1.29, 1.82) is 0 Å². The molecule has 0 fully saturated rings. The number of benzene rings is 2. The van der Waals surface area contributed by atoms with Crippen LogP contribution in [0.1, 0.15) is 31.7 Å². The van der Waals surface area contributed by atoms with Crippen LogP contribution in [0.25, 0.3) is 28.6 Å². The van der Waals surface area contributed by atoms with E-state index in [2.05, 4.69) is 16.0 Å². The van der Waals surface area contributed by atoms with Crippen LogP contribution in [0.2, 0.25) is 0 Å². The number of hydrogen-bond donors (Lipinski definition) is 2. The molecule has 0 aliphatic carbocycles. The van der Waals surface area contributed by atoms with Gasteiger partial charge in [-0.25, -0.2) is 14.4 Å². The van der Waals surface area contributed by atoms with E-state index < -0.39 is 17.4 Å². The second-order valence-corrected chi connectivity index (χ2v) is 6.86. The fourth-order valence-corrected chi connectivity index (χ4v) is 2.87. The molecule has 1 atom stereocenters. The zero-order valence-corrected chi connectivity index (χ0v) is 16.0. The molecule has 6 heteroatoms. The lowest BCUT2D eigenvalue weighted by atomic mass is 10.1. The molecule has 2 aromatic carbocycles. The van der Waals surface area contributed by atoms with Crippen LogP contribution in [0.5, 0.6) is 5.75 Å². The Morgan fingerprint density at radius 2 is 1.66 bits per heavy atom. The maximum Gasteiger partial charge on any atom is 0.201 e. The van der Waals surface area contributed by atoms with Gasteiger partial charge in [-0.05, 0) is 49.4 Å². The molecule has 1 heterocycles. The highest BCUT2D eigenvalue weighted by atomic mass is 19.2. The van der Waals surface area contributed by atoms with E-state index in [1.165, 1.54) is 6.07 Å². The third-order valence-electron chi connectivity index (χ3n) is 4.50. The van der Waals surface area contributed by atoms with Crippen molar-refractivity contribution in [3.63, 3.8) is 0 Å². The normalized spacial score (nSPS) is 12.4. The summed E-state index contributed by atoms with van der Waals surface area (Å²) in [5.41, 5.74) is 2.61. The number of unbranched alkanes of at least 4 members (excludes halogenated alkanes) is 1. The van der Waals surface area contributed by atoms with Crippen LogP contribution in [0, 0.1) is 11.6 Å². The van der Waals surface area contributed by atoms with Gasteiger partial charge in [0.05, 0.1) is 11.7 Å². The molecule has 0 saturated carbocycles. The van der Waals surface area contributed by atoms with E-state index in [-0.39, 0.29) is 17.5 Å². The summed E-state index contributed by atoms with van der Waals surface area (Å²) in [6, 6.07) is 10.1. The van der Waals surface area contributed by atoms with Crippen LogP contribution in [-0.4, -0.2) is 26.3 Å². The first-order valence-corrected chi connectivity index (χ1v) is 9.40. The van der Waals surface area contributed by atoms with Gasteiger partial charge in [0.15, 0.2) is 17.4 Å². The van der Waals surface area contributed by atoms with Gasteiger partial charge < -0.3 is 10.2 Å². The van der Waals surface area contributed by atoms with Gasteiger partial charge in [0, 0.05) is 18.0 Å². The number of rotatable bonds is 7. The predicted molar refractivity (Wildman–Crippen MR) is 109 cm³/mol. The predicted octanol–water partition coefficient (Wildman–Crippen LogP) is 5.36. The maximum atomic E-state index is 14.0. The minimum atomic E-state index is -1.32. The lowest BCUT2D eigenvalue weighted by Crippen LogP contribution is -1.97. The number of phenolic OH excluding ortho intramolecular Hbond substituents is 1. The Morgan fingerprint density at radius 3 is 2.31 bits per heavy atom. The molecule has 150 valence electrons. The van der Waals surface area contributed by atoms with E-state index in [4.69, 9.17) is 0 Å². The topological polar surface area (TPSA) is 66.2 Å². The molecule has 0 aliphatic heterocycles. The zero-order valence-electron chi connectivity index (χ0n) is 16.0. The van der Waals surface area contributed by atoms with Gasteiger partial charge in [-0.15, -0.1) is 0 Å². The SMILES string of the molecule is CC(O)CCC/C=C/c1ccc(-c2cnc(-c3ccc(O)c(F)c3F)nc2)cc1. The van der Waals surface area contributed by atoms with Gasteiger partial charge in [0.25, 0.3) is 0 Å². The molecule has 0 amide bonds. The highest BCUT2D eigenvalue weighted by molar-refractivity contribution is 5.66. The smallest absolute Gasteiger partial charge is 0.201 e. The van der Waals surface area contributed by atoms with Crippen LogP contribution in [-0.2, 0) is 0 Å². The molecule has 0 radical (unpaired) electrons. The van der Waals surface area contributed by atoms with Crippen molar-refractivity contribution in [2.24, 2.45) is 0 Å². The van der Waals surface area contributed by atoms with E-state index in [9.17, 15) is 19.0 Å². The van der Waals surface area contributed by atoms with Crippen molar-refractivity contribution in [2.75, 3.05) is 0 Å². The van der Waals surface area contributed by atoms with E-state index >= 15 is 0 Å². The summed E-state index contributed by atoms with van der Waals surface area (Å²) in [7, 11) is 0. The second-order valence-electron chi connectivity index (χ2n) is 6.86. The van der Waals surface area contributed by atoms with Crippen LogP contribution >= 0.6 is 0 Å². The highest BCUT2D eigenvalue weighted by Gasteiger charge is 2.16. The molecule has 4 nitrogen and oxygen atoms in total. The van der Waals surface area contributed by atoms with Crippen molar-refractivity contribution < 1.29 is 19.0 Å². The van der Waals surface area contributed by atoms with E-state index in [1.54, 1.807) is 19.3 Å². The first-order chi connectivity index (χ1) is 14.0. The van der Waals surface area contributed by atoms with Crippen molar-refractivity contribution in [2.45, 2.75) is 32.3 Å². The summed E-state index contributed by atoms with van der Waals surface area (Å²) >= 11 is 0. The largest absolute Gasteiger partial charge is 0.505 e. The molecule has 0 spiro atoms. The minimum absolute atomic E-state index is 0.0434. The standard InChI is InChI=1S/C23H22F2N2O2/c1-15(28)5-3-2-4-6-16-7-9-17(10-8-16)18-13-26-23(27-14-18)19-11-12-20(29)22(25)21(19)24/h4,6-15,28-29H,2-3,5H2,1H3/b6-4+. The number of aliphatic hydroxyl groups excluding tert-OH is 1. The molecular weight excluding hydrogens is 374 g/mol. The molecule has 2 N–H and O–H groups in total. The van der Waals surface area contributed by atoms with Gasteiger partial charge in [-0.2, -0.15) is 4.39 Å². The fourth-order valence-electron chi connectivity index (χ4n) is 2.87. The number of hydrogen-bond acceptors (Lipinski definition) is 4. The number of aromatic nitrogens is 2. The molecule has 3 aromatic rings. The maximum absolute atomic E-state index is 14.0. The van der Waals surface area contributed by atoms with Gasteiger partial charge in [0.2, 0.25) is 5.82 Å². The molecule has 0 bridgehead atoms. The van der Waals surface area contributed by atoms with Gasteiger partial charge in [-0.3, -0.25) is 0 Å². The van der Waals surface area contributed by atoms with E-state index in [0.717, 1.165) is 42.0 Å². The van der Waals surface area contributed by atoms with Crippen LogP contribution in [0.3, 0.4) is 0 Å². The van der Waals surface area contributed by atoms with Gasteiger partial charge in [0.1, 0.15) is 0 Å². The second kappa shape index (κ2) is 9.39. The summed E-state index contributed by atoms with van der Waals surface area (Å²) in [4.78, 5) is 8.26. The first-order valence-electron chi connectivity index (χ1n) is 9.40. The lowest BCUT2D eigenvalue weighted by Gasteiger charge is -2.06. The third-order valence-corrected chi connectivity index (χ3v) is 4.50. The summed E-state index contributed by atoms with van der Waals surface area (Å²) in [5.74, 6) is -3.20. The molecule has 0 saturated heterocycles. The van der Waals surface area contributed by atoms with Crippen LogP contribution in [0.15, 0.2) is 54.9 Å². The quantitative estimate of drug-likeness (QED) is 0.528. The average Bonchev–Trinajstić information content (AvgIpc) is 2.72.